The molecule has 3 unspecified atom stereocenters. The van der Waals surface area contributed by atoms with Gasteiger partial charge < -0.3 is 4.74 Å². The number of rotatable bonds is 4. The van der Waals surface area contributed by atoms with Crippen LogP contribution in [0.25, 0.3) is 0 Å². The van der Waals surface area contributed by atoms with Gasteiger partial charge in [0.15, 0.2) is 9.84 Å². The molecule has 0 N–H and O–H groups in total. The van der Waals surface area contributed by atoms with E-state index in [2.05, 4.69) is 33.4 Å². The molecule has 0 bridgehead atoms. The molecular weight excluding hydrogens is 420 g/mol. The molecule has 0 saturated heterocycles. The average Bonchev–Trinajstić information content (AvgIpc) is 3.39. The SMILES string of the molecule is C=C1CC(C#N)(C2=N[C@@H](C(C)(C)C)CO2)C(c2ccccc2)C1S(=O)(=O)c1ccccc1. The number of ether oxygens (including phenoxy) is 1. The van der Waals surface area contributed by atoms with Crippen molar-refractivity contribution in [2.24, 2.45) is 15.8 Å². The zero-order valence-electron chi connectivity index (χ0n) is 18.7. The highest BCUT2D eigenvalue weighted by Gasteiger charge is 2.61. The lowest BCUT2D eigenvalue weighted by Gasteiger charge is -2.31. The lowest BCUT2D eigenvalue weighted by atomic mass is 9.75. The number of hydrogen-bond acceptors (Lipinski definition) is 5. The van der Waals surface area contributed by atoms with Crippen molar-refractivity contribution in [3.8, 4) is 6.07 Å². The lowest BCUT2D eigenvalue weighted by molar-refractivity contribution is 0.221. The van der Waals surface area contributed by atoms with Crippen LogP contribution in [0.2, 0.25) is 0 Å². The van der Waals surface area contributed by atoms with E-state index < -0.39 is 26.4 Å². The Hall–Kier alpha value is -2.91. The summed E-state index contributed by atoms with van der Waals surface area (Å²) in [5.74, 6) is -0.343. The van der Waals surface area contributed by atoms with E-state index in [4.69, 9.17) is 9.73 Å². The average molecular weight is 449 g/mol. The summed E-state index contributed by atoms with van der Waals surface area (Å²) in [6.45, 7) is 10.8. The number of aliphatic imine (C=N–C) groups is 1. The molecule has 0 aromatic heterocycles. The summed E-state index contributed by atoms with van der Waals surface area (Å²) >= 11 is 0. The van der Waals surface area contributed by atoms with Crippen molar-refractivity contribution < 1.29 is 13.2 Å². The van der Waals surface area contributed by atoms with Gasteiger partial charge >= 0.3 is 0 Å². The van der Waals surface area contributed by atoms with Gasteiger partial charge in [-0.1, -0.05) is 81.5 Å². The second-order valence-electron chi connectivity index (χ2n) is 9.71. The van der Waals surface area contributed by atoms with Crippen molar-refractivity contribution in [2.45, 2.75) is 49.3 Å². The van der Waals surface area contributed by atoms with E-state index in [1.807, 2.05) is 30.3 Å². The standard InChI is InChI=1S/C26H28N2O3S/c1-18-15-26(17-27,24-28-21(16-31-24)25(2,3)4)22(19-11-7-5-8-12-19)23(18)32(29,30)20-13-9-6-10-14-20/h5-14,21-23H,1,15-16H2,2-4H3/t21-,22?,23?,26?/m1/s1. The molecule has 2 aliphatic rings. The van der Waals surface area contributed by atoms with Gasteiger partial charge in [-0.15, -0.1) is 0 Å². The highest BCUT2D eigenvalue weighted by Crippen LogP contribution is 2.56. The van der Waals surface area contributed by atoms with Crippen molar-refractivity contribution in [1.82, 2.24) is 0 Å². The Balaban J connectivity index is 1.91. The zero-order chi connectivity index (χ0) is 23.1. The van der Waals surface area contributed by atoms with Crippen LogP contribution < -0.4 is 0 Å². The fourth-order valence-electron chi connectivity index (χ4n) is 4.76. The molecule has 1 fully saturated rings. The fourth-order valence-corrected chi connectivity index (χ4v) is 6.86. The third-order valence-electron chi connectivity index (χ3n) is 6.54. The molecule has 0 amide bonds. The molecule has 2 aromatic carbocycles. The van der Waals surface area contributed by atoms with Gasteiger partial charge in [0.05, 0.1) is 22.3 Å². The van der Waals surface area contributed by atoms with Crippen molar-refractivity contribution in [3.63, 3.8) is 0 Å². The van der Waals surface area contributed by atoms with Crippen molar-refractivity contribution in [2.75, 3.05) is 6.61 Å². The van der Waals surface area contributed by atoms with Crippen molar-refractivity contribution in [1.29, 1.82) is 5.26 Å². The minimum atomic E-state index is -3.80. The number of benzene rings is 2. The van der Waals surface area contributed by atoms with E-state index in [0.29, 0.717) is 18.1 Å². The van der Waals surface area contributed by atoms with E-state index >= 15 is 0 Å². The summed E-state index contributed by atoms with van der Waals surface area (Å²) in [5.41, 5.74) is -0.0889. The largest absolute Gasteiger partial charge is 0.478 e. The Kier molecular flexibility index (Phi) is 5.50. The Morgan fingerprint density at radius 2 is 1.69 bits per heavy atom. The molecule has 0 spiro atoms. The first-order valence-corrected chi connectivity index (χ1v) is 12.3. The molecule has 6 heteroatoms. The van der Waals surface area contributed by atoms with Crippen molar-refractivity contribution in [3.05, 3.63) is 78.4 Å². The molecule has 166 valence electrons. The quantitative estimate of drug-likeness (QED) is 0.622. The normalized spacial score (nSPS) is 28.1. The summed E-state index contributed by atoms with van der Waals surface area (Å²) in [6, 6.07) is 20.1. The molecule has 5 nitrogen and oxygen atoms in total. The van der Waals surface area contributed by atoms with E-state index in [1.54, 1.807) is 30.3 Å². The summed E-state index contributed by atoms with van der Waals surface area (Å²) in [6.07, 6.45) is 0.190. The van der Waals surface area contributed by atoms with Gasteiger partial charge in [0, 0.05) is 5.92 Å². The van der Waals surface area contributed by atoms with Gasteiger partial charge in [0.1, 0.15) is 12.0 Å². The molecule has 1 heterocycles. The third kappa shape index (κ3) is 3.55. The van der Waals surface area contributed by atoms with Gasteiger partial charge in [-0.05, 0) is 29.5 Å². The van der Waals surface area contributed by atoms with Crippen molar-refractivity contribution >= 4 is 15.7 Å². The van der Waals surface area contributed by atoms with Crippen LogP contribution in [0.15, 0.2) is 82.7 Å². The molecule has 4 rings (SSSR count). The van der Waals surface area contributed by atoms with Gasteiger partial charge in [0.2, 0.25) is 5.90 Å². The number of nitrogens with zero attached hydrogens (tertiary/aromatic N) is 2. The Morgan fingerprint density at radius 3 is 2.22 bits per heavy atom. The van der Waals surface area contributed by atoms with Crippen LogP contribution in [0.4, 0.5) is 0 Å². The van der Waals surface area contributed by atoms with Crippen LogP contribution in [-0.2, 0) is 14.6 Å². The van der Waals surface area contributed by atoms with Crippen LogP contribution in [-0.4, -0.2) is 32.2 Å². The molecule has 2 aromatic rings. The summed E-state index contributed by atoms with van der Waals surface area (Å²) in [4.78, 5) is 5.04. The Labute approximate surface area is 190 Å². The minimum Gasteiger partial charge on any atom is -0.478 e. The van der Waals surface area contributed by atoms with Gasteiger partial charge in [-0.2, -0.15) is 5.26 Å². The maximum absolute atomic E-state index is 13.8. The summed E-state index contributed by atoms with van der Waals surface area (Å²) < 4.78 is 33.7. The van der Waals surface area contributed by atoms with Crippen LogP contribution in [0, 0.1) is 22.2 Å². The molecule has 4 atom stereocenters. The third-order valence-corrected chi connectivity index (χ3v) is 8.74. The van der Waals surface area contributed by atoms with Gasteiger partial charge in [0.25, 0.3) is 0 Å². The smallest absolute Gasteiger partial charge is 0.205 e. The lowest BCUT2D eigenvalue weighted by Crippen LogP contribution is -2.38. The zero-order valence-corrected chi connectivity index (χ0v) is 19.5. The van der Waals surface area contributed by atoms with E-state index in [9.17, 15) is 13.7 Å². The van der Waals surface area contributed by atoms with Crippen LogP contribution in [0.1, 0.15) is 38.7 Å². The molecular formula is C26H28N2O3S. The molecule has 1 aliphatic carbocycles. The van der Waals surface area contributed by atoms with Gasteiger partial charge in [-0.25, -0.2) is 13.4 Å². The van der Waals surface area contributed by atoms with E-state index in [1.165, 1.54) is 0 Å². The maximum Gasteiger partial charge on any atom is 0.205 e. The second kappa shape index (κ2) is 7.90. The first-order valence-electron chi connectivity index (χ1n) is 10.7. The number of hydrogen-bond donors (Lipinski definition) is 0. The Bertz CT molecular complexity index is 1190. The predicted octanol–water partition coefficient (Wildman–Crippen LogP) is 4.93. The van der Waals surface area contributed by atoms with E-state index in [0.717, 1.165) is 5.56 Å². The molecule has 1 saturated carbocycles. The molecule has 0 radical (unpaired) electrons. The summed E-state index contributed by atoms with van der Waals surface area (Å²) in [7, 11) is -3.80. The number of nitriles is 1. The highest BCUT2D eigenvalue weighted by molar-refractivity contribution is 7.92. The fraction of sp³-hybridized carbons (Fsp3) is 0.385. The first kappa shape index (κ1) is 22.3. The topological polar surface area (TPSA) is 79.5 Å². The highest BCUT2D eigenvalue weighted by atomic mass is 32.2. The van der Waals surface area contributed by atoms with Crippen LogP contribution in [0.3, 0.4) is 0 Å². The number of sulfone groups is 1. The predicted molar refractivity (Wildman–Crippen MR) is 125 cm³/mol. The first-order chi connectivity index (χ1) is 15.1. The van der Waals surface area contributed by atoms with Crippen LogP contribution >= 0.6 is 0 Å². The summed E-state index contributed by atoms with van der Waals surface area (Å²) in [5, 5.41) is 9.57. The van der Waals surface area contributed by atoms with E-state index in [-0.39, 0.29) is 22.8 Å². The Morgan fingerprint density at radius 1 is 1.09 bits per heavy atom. The van der Waals surface area contributed by atoms with Crippen LogP contribution in [0.5, 0.6) is 0 Å². The monoisotopic (exact) mass is 448 g/mol. The minimum absolute atomic E-state index is 0.0998. The maximum atomic E-state index is 13.8. The van der Waals surface area contributed by atoms with Gasteiger partial charge in [-0.3, -0.25) is 0 Å². The second-order valence-corrected chi connectivity index (χ2v) is 11.8. The molecule has 1 aliphatic heterocycles. The molecule has 32 heavy (non-hydrogen) atoms.